The van der Waals surface area contributed by atoms with E-state index >= 15 is 0 Å². The van der Waals surface area contributed by atoms with Crippen molar-refractivity contribution in [1.82, 2.24) is 5.32 Å². The molecule has 5 rings (SSSR count). The van der Waals surface area contributed by atoms with Gasteiger partial charge in [-0.2, -0.15) is 0 Å². The molecule has 6 atom stereocenters. The molecule has 0 aromatic heterocycles. The van der Waals surface area contributed by atoms with Crippen LogP contribution >= 0.6 is 0 Å². The van der Waals surface area contributed by atoms with Crippen LogP contribution < -0.4 is 10.2 Å². The van der Waals surface area contributed by atoms with Crippen LogP contribution in [0.4, 0.5) is 10.5 Å². The van der Waals surface area contributed by atoms with E-state index in [0.717, 1.165) is 11.3 Å². The molecular formula is C23H30N2O5. The van der Waals surface area contributed by atoms with Crippen LogP contribution in [0.3, 0.4) is 0 Å². The number of carbonyl (C=O) groups excluding carboxylic acids is 2. The number of anilines is 1. The second-order valence-corrected chi connectivity index (χ2v) is 9.57. The number of nitrogens with one attached hydrogen (secondary N) is 1. The summed E-state index contributed by atoms with van der Waals surface area (Å²) in [4.78, 5) is 27.7. The van der Waals surface area contributed by atoms with Crippen LogP contribution in [0.5, 0.6) is 0 Å². The minimum absolute atomic E-state index is 0.0681. The maximum atomic E-state index is 13.8. The Kier molecular flexibility index (Phi) is 4.10. The van der Waals surface area contributed by atoms with Gasteiger partial charge in [0.2, 0.25) is 5.91 Å². The van der Waals surface area contributed by atoms with Gasteiger partial charge in [0.1, 0.15) is 6.23 Å². The summed E-state index contributed by atoms with van der Waals surface area (Å²) in [5, 5.41) is 2.98. The molecule has 4 saturated heterocycles. The molecular weight excluding hydrogens is 384 g/mol. The molecule has 2 amide bonds. The van der Waals surface area contributed by atoms with Gasteiger partial charge in [-0.15, -0.1) is 0 Å². The van der Waals surface area contributed by atoms with Crippen LogP contribution in [0.1, 0.15) is 42.0 Å². The fourth-order valence-corrected chi connectivity index (χ4v) is 6.51. The fraction of sp³-hybridized carbons (Fsp3) is 0.652. The third-order valence-corrected chi connectivity index (χ3v) is 8.24. The molecule has 7 heteroatoms. The number of methoxy groups -OCH3 is 1. The zero-order chi connectivity index (χ0) is 21.6. The highest BCUT2D eigenvalue weighted by Crippen LogP contribution is 2.65. The van der Waals surface area contributed by atoms with Gasteiger partial charge in [0.05, 0.1) is 42.8 Å². The van der Waals surface area contributed by atoms with Crippen molar-refractivity contribution >= 4 is 17.7 Å². The minimum Gasteiger partial charge on any atom is -0.453 e. The van der Waals surface area contributed by atoms with Crippen LogP contribution in [-0.4, -0.2) is 49.2 Å². The number of hydrogen-bond donors (Lipinski definition) is 1. The molecule has 1 spiro atoms. The van der Waals surface area contributed by atoms with Gasteiger partial charge in [-0.1, -0.05) is 0 Å². The van der Waals surface area contributed by atoms with Crippen molar-refractivity contribution in [1.29, 1.82) is 0 Å². The van der Waals surface area contributed by atoms with Gasteiger partial charge < -0.3 is 19.5 Å². The summed E-state index contributed by atoms with van der Waals surface area (Å²) in [6.07, 6.45) is 0.401. The summed E-state index contributed by atoms with van der Waals surface area (Å²) in [6.45, 7) is 10.9. The van der Waals surface area contributed by atoms with E-state index in [9.17, 15) is 9.59 Å². The summed E-state index contributed by atoms with van der Waals surface area (Å²) < 4.78 is 17.7. The van der Waals surface area contributed by atoms with Crippen molar-refractivity contribution in [2.75, 3.05) is 18.6 Å². The minimum atomic E-state index is -0.628. The number of carbonyl (C=O) groups is 2. The predicted molar refractivity (Wildman–Crippen MR) is 110 cm³/mol. The first-order chi connectivity index (χ1) is 14.1. The van der Waals surface area contributed by atoms with Crippen LogP contribution in [-0.2, 0) is 19.0 Å². The maximum absolute atomic E-state index is 13.8. The van der Waals surface area contributed by atoms with Gasteiger partial charge in [0, 0.05) is 18.5 Å². The molecule has 1 aromatic carbocycles. The predicted octanol–water partition coefficient (Wildman–Crippen LogP) is 2.90. The van der Waals surface area contributed by atoms with Crippen LogP contribution in [0.15, 0.2) is 6.07 Å². The Morgan fingerprint density at radius 3 is 2.67 bits per heavy atom. The fourth-order valence-electron chi connectivity index (χ4n) is 6.51. The topological polar surface area (TPSA) is 77.1 Å². The Morgan fingerprint density at radius 1 is 1.23 bits per heavy atom. The summed E-state index contributed by atoms with van der Waals surface area (Å²) in [5.74, 6) is -0.334. The molecule has 2 bridgehead atoms. The molecule has 30 heavy (non-hydrogen) atoms. The molecule has 1 N–H and O–H groups in total. The molecule has 4 aliphatic heterocycles. The van der Waals surface area contributed by atoms with E-state index in [2.05, 4.69) is 39.1 Å². The molecule has 7 nitrogen and oxygen atoms in total. The quantitative estimate of drug-likeness (QED) is 0.805. The standard InChI is InChI=1S/C23H30N2O5/c1-11-9-15(14(4)13(3)12(11)2)25-19(26)17-18-20(25)29-8-7-23(18)16(24-21(27)28-6)10-22(17,5)30-23/h9,16-18,20H,7-8,10H2,1-6H3,(H,24,27)/t16-,17-,18+,20+,22-,23+/m1/s1. The van der Waals surface area contributed by atoms with Crippen molar-refractivity contribution in [3.8, 4) is 0 Å². The molecule has 162 valence electrons. The molecule has 0 saturated carbocycles. The maximum Gasteiger partial charge on any atom is 0.407 e. The second kappa shape index (κ2) is 6.20. The van der Waals surface area contributed by atoms with Gasteiger partial charge in [-0.3, -0.25) is 9.69 Å². The molecule has 1 aromatic rings. The van der Waals surface area contributed by atoms with E-state index in [1.807, 2.05) is 11.8 Å². The Balaban J connectivity index is 1.60. The van der Waals surface area contributed by atoms with Crippen LogP contribution in [0, 0.1) is 39.5 Å². The van der Waals surface area contributed by atoms with E-state index in [4.69, 9.17) is 14.2 Å². The van der Waals surface area contributed by atoms with Crippen molar-refractivity contribution in [3.63, 3.8) is 0 Å². The highest BCUT2D eigenvalue weighted by atomic mass is 16.6. The average Bonchev–Trinajstić information content (AvgIpc) is 3.27. The number of alkyl carbamates (subject to hydrolysis) is 1. The molecule has 4 fully saturated rings. The van der Waals surface area contributed by atoms with Gasteiger partial charge >= 0.3 is 6.09 Å². The number of amides is 2. The second-order valence-electron chi connectivity index (χ2n) is 9.57. The first-order valence-electron chi connectivity index (χ1n) is 10.7. The lowest BCUT2D eigenvalue weighted by Gasteiger charge is -2.45. The van der Waals surface area contributed by atoms with Crippen LogP contribution in [0.25, 0.3) is 0 Å². The third kappa shape index (κ3) is 2.28. The molecule has 4 aliphatic rings. The summed E-state index contributed by atoms with van der Waals surface area (Å²) in [5.41, 5.74) is 4.42. The van der Waals surface area contributed by atoms with Crippen molar-refractivity contribution in [2.45, 2.75) is 70.9 Å². The number of fused-ring (bicyclic) bond motifs is 2. The van der Waals surface area contributed by atoms with Crippen molar-refractivity contribution in [3.05, 3.63) is 28.3 Å². The number of benzene rings is 1. The van der Waals surface area contributed by atoms with E-state index in [1.165, 1.54) is 23.8 Å². The van der Waals surface area contributed by atoms with Gasteiger partial charge in [0.15, 0.2) is 0 Å². The first-order valence-corrected chi connectivity index (χ1v) is 10.7. The van der Waals surface area contributed by atoms with Crippen molar-refractivity contribution in [2.24, 2.45) is 11.8 Å². The number of hydrogen-bond acceptors (Lipinski definition) is 5. The third-order valence-electron chi connectivity index (χ3n) is 8.24. The Hall–Kier alpha value is -2.12. The number of ether oxygens (including phenoxy) is 3. The summed E-state index contributed by atoms with van der Waals surface area (Å²) >= 11 is 0. The lowest BCUT2D eigenvalue weighted by Crippen LogP contribution is -2.61. The first kappa shape index (κ1) is 19.8. The number of rotatable bonds is 2. The summed E-state index contributed by atoms with van der Waals surface area (Å²) in [7, 11) is 1.37. The molecule has 0 unspecified atom stereocenters. The highest BCUT2D eigenvalue weighted by molar-refractivity contribution is 6.00. The Morgan fingerprint density at radius 2 is 1.97 bits per heavy atom. The Labute approximate surface area is 177 Å². The molecule has 4 heterocycles. The van der Waals surface area contributed by atoms with Gasteiger partial charge in [0.25, 0.3) is 0 Å². The lowest BCUT2D eigenvalue weighted by molar-refractivity contribution is -0.143. The van der Waals surface area contributed by atoms with Gasteiger partial charge in [-0.05, 0) is 62.9 Å². The van der Waals surface area contributed by atoms with E-state index in [-0.39, 0.29) is 30.0 Å². The zero-order valence-electron chi connectivity index (χ0n) is 18.5. The van der Waals surface area contributed by atoms with E-state index in [0.29, 0.717) is 19.4 Å². The monoisotopic (exact) mass is 414 g/mol. The molecule has 0 aliphatic carbocycles. The lowest BCUT2D eigenvalue weighted by atomic mass is 9.64. The smallest absolute Gasteiger partial charge is 0.407 e. The average molecular weight is 415 g/mol. The van der Waals surface area contributed by atoms with Gasteiger partial charge in [-0.25, -0.2) is 4.79 Å². The molecule has 0 radical (unpaired) electrons. The summed E-state index contributed by atoms with van der Waals surface area (Å²) in [6, 6.07) is 1.91. The van der Waals surface area contributed by atoms with E-state index < -0.39 is 17.3 Å². The highest BCUT2D eigenvalue weighted by Gasteiger charge is 2.78. The Bertz CT molecular complexity index is 961. The number of aryl methyl sites for hydroxylation is 1. The van der Waals surface area contributed by atoms with Crippen molar-refractivity contribution < 1.29 is 23.8 Å². The SMILES string of the molecule is COC(=O)N[C@@H]1C[C@@]2(C)O[C@@]13CCO[C@H]1[C@@H]3[C@@H]2C(=O)N1c1cc(C)c(C)c(C)c1C. The van der Waals surface area contributed by atoms with E-state index in [1.54, 1.807) is 0 Å². The largest absolute Gasteiger partial charge is 0.453 e. The number of nitrogens with zero attached hydrogens (tertiary/aromatic N) is 1. The normalized spacial score (nSPS) is 38.7. The van der Waals surface area contributed by atoms with Crippen LogP contribution in [0.2, 0.25) is 0 Å². The zero-order valence-corrected chi connectivity index (χ0v) is 18.5.